The van der Waals surface area contributed by atoms with E-state index < -0.39 is 97.5 Å². The largest absolute Gasteiger partial charge is 0.472 e. The smallest absolute Gasteiger partial charge is 0.462 e. The van der Waals surface area contributed by atoms with Gasteiger partial charge >= 0.3 is 39.5 Å². The second-order valence-corrected chi connectivity index (χ2v) is 33.0. The quantitative estimate of drug-likeness (QED) is 0.0222. The number of carbonyl (C=O) groups excluding carboxylic acids is 4. The second-order valence-electron chi connectivity index (χ2n) is 30.1. The predicted molar refractivity (Wildman–Crippen MR) is 409 cm³/mol. The van der Waals surface area contributed by atoms with E-state index in [-0.39, 0.29) is 25.7 Å². The maximum Gasteiger partial charge on any atom is 0.472 e. The van der Waals surface area contributed by atoms with Crippen LogP contribution in [0, 0.1) is 11.8 Å². The Bertz CT molecular complexity index is 1920. The van der Waals surface area contributed by atoms with Crippen LogP contribution in [-0.2, 0) is 65.4 Å². The van der Waals surface area contributed by atoms with E-state index >= 15 is 0 Å². The first-order valence-corrected chi connectivity index (χ1v) is 45.0. The molecule has 0 bridgehead atoms. The Balaban J connectivity index is 5.22. The van der Waals surface area contributed by atoms with Crippen LogP contribution in [0.4, 0.5) is 0 Å². The molecular formula is C81H158O17P2. The Morgan fingerprint density at radius 3 is 0.680 bits per heavy atom. The minimum Gasteiger partial charge on any atom is -0.462 e. The zero-order valence-corrected chi connectivity index (χ0v) is 67.3. The van der Waals surface area contributed by atoms with E-state index in [2.05, 4.69) is 41.5 Å². The van der Waals surface area contributed by atoms with E-state index in [1.165, 1.54) is 244 Å². The van der Waals surface area contributed by atoms with Crippen LogP contribution >= 0.6 is 15.6 Å². The molecule has 0 amide bonds. The molecule has 0 heterocycles. The summed E-state index contributed by atoms with van der Waals surface area (Å²) >= 11 is 0. The Hall–Kier alpha value is -1.94. The average Bonchev–Trinajstić information content (AvgIpc) is 0.923. The molecular weight excluding hydrogens is 1310 g/mol. The first-order chi connectivity index (χ1) is 48.4. The van der Waals surface area contributed by atoms with Crippen LogP contribution in [0.15, 0.2) is 0 Å². The van der Waals surface area contributed by atoms with Crippen molar-refractivity contribution in [3.8, 4) is 0 Å². The third kappa shape index (κ3) is 74.3. The van der Waals surface area contributed by atoms with Crippen LogP contribution in [0.2, 0.25) is 0 Å². The number of unbranched alkanes of at least 4 members (excludes halogenated alkanes) is 50. The van der Waals surface area contributed by atoms with E-state index in [0.717, 1.165) is 102 Å². The van der Waals surface area contributed by atoms with Gasteiger partial charge in [-0.15, -0.1) is 0 Å². The second kappa shape index (κ2) is 72.6. The van der Waals surface area contributed by atoms with Crippen molar-refractivity contribution in [1.82, 2.24) is 0 Å². The van der Waals surface area contributed by atoms with Crippen molar-refractivity contribution in [3.63, 3.8) is 0 Å². The van der Waals surface area contributed by atoms with E-state index in [9.17, 15) is 43.2 Å². The monoisotopic (exact) mass is 1470 g/mol. The zero-order chi connectivity index (χ0) is 73.5. The number of phosphoric ester groups is 2. The first-order valence-electron chi connectivity index (χ1n) is 42.0. The summed E-state index contributed by atoms with van der Waals surface area (Å²) in [7, 11) is -9.92. The van der Waals surface area contributed by atoms with Gasteiger partial charge in [-0.05, 0) is 37.5 Å². The van der Waals surface area contributed by atoms with Gasteiger partial charge in [-0.25, -0.2) is 9.13 Å². The average molecular weight is 1470 g/mol. The molecule has 0 aliphatic rings. The molecule has 0 radical (unpaired) electrons. The van der Waals surface area contributed by atoms with Crippen molar-refractivity contribution >= 4 is 39.5 Å². The third-order valence-electron chi connectivity index (χ3n) is 19.0. The lowest BCUT2D eigenvalue weighted by Gasteiger charge is -2.21. The van der Waals surface area contributed by atoms with E-state index in [0.29, 0.717) is 25.7 Å². The van der Waals surface area contributed by atoms with E-state index in [1.54, 1.807) is 0 Å². The van der Waals surface area contributed by atoms with Gasteiger partial charge in [0.15, 0.2) is 12.2 Å². The van der Waals surface area contributed by atoms with Gasteiger partial charge in [0.05, 0.1) is 26.4 Å². The number of ether oxygens (including phenoxy) is 4. The zero-order valence-electron chi connectivity index (χ0n) is 65.5. The number of rotatable bonds is 80. The molecule has 0 fully saturated rings. The Morgan fingerprint density at radius 2 is 0.460 bits per heavy atom. The molecule has 0 rings (SSSR count). The standard InChI is InChI=1S/C81H158O17P2/c1-7-9-11-13-15-17-19-20-21-22-23-24-25-26-27-28-35-41-47-53-59-65-80(85)97-77(70-92-79(84)64-58-52-46-40-34-30-29-32-37-43-49-55-61-73(3)4)72-96-100(89,90)94-68-75(82)67-93-99(87,88)95-71-76(69-91-78(83)63-57-51-45-39-18-16-14-12-10-8-2)98-81(86)66-60-54-48-42-36-31-33-38-44-50-56-62-74(5)6/h73-77,82H,7-72H2,1-6H3,(H,87,88)(H,89,90)/t75-,76+,77+/m0/s1. The number of phosphoric acid groups is 2. The highest BCUT2D eigenvalue weighted by Gasteiger charge is 2.30. The van der Waals surface area contributed by atoms with Gasteiger partial charge in [0.1, 0.15) is 19.3 Å². The lowest BCUT2D eigenvalue weighted by atomic mass is 10.0. The molecule has 100 heavy (non-hydrogen) atoms. The molecule has 3 N–H and O–H groups in total. The minimum absolute atomic E-state index is 0.107. The summed E-state index contributed by atoms with van der Waals surface area (Å²) < 4.78 is 68.7. The van der Waals surface area contributed by atoms with Crippen molar-refractivity contribution in [3.05, 3.63) is 0 Å². The number of hydrogen-bond donors (Lipinski definition) is 3. The highest BCUT2D eigenvalue weighted by molar-refractivity contribution is 7.47. The van der Waals surface area contributed by atoms with Gasteiger partial charge in [0, 0.05) is 25.7 Å². The normalized spacial score (nSPS) is 13.9. The molecule has 0 saturated carbocycles. The topological polar surface area (TPSA) is 237 Å². The summed E-state index contributed by atoms with van der Waals surface area (Å²) in [6.07, 6.45) is 62.5. The Morgan fingerprint density at radius 1 is 0.270 bits per heavy atom. The summed E-state index contributed by atoms with van der Waals surface area (Å²) in [6, 6.07) is 0. The fraction of sp³-hybridized carbons (Fsp3) is 0.951. The van der Waals surface area contributed by atoms with Crippen molar-refractivity contribution in [2.75, 3.05) is 39.6 Å². The summed E-state index contributed by atoms with van der Waals surface area (Å²) in [5.41, 5.74) is 0. The van der Waals surface area contributed by atoms with Crippen LogP contribution < -0.4 is 0 Å². The number of hydrogen-bond acceptors (Lipinski definition) is 15. The molecule has 0 aromatic carbocycles. The predicted octanol–water partition coefficient (Wildman–Crippen LogP) is 24.3. The number of esters is 4. The van der Waals surface area contributed by atoms with Crippen LogP contribution in [0.3, 0.4) is 0 Å². The number of carbonyl (C=O) groups is 4. The van der Waals surface area contributed by atoms with Crippen molar-refractivity contribution in [2.24, 2.45) is 11.8 Å². The van der Waals surface area contributed by atoms with Crippen LogP contribution in [0.5, 0.6) is 0 Å². The maximum atomic E-state index is 13.1. The Labute approximate surface area is 613 Å². The summed E-state index contributed by atoms with van der Waals surface area (Å²) in [5.74, 6) is -0.562. The van der Waals surface area contributed by atoms with Gasteiger partial charge < -0.3 is 33.8 Å². The molecule has 5 atom stereocenters. The molecule has 0 spiro atoms. The maximum absolute atomic E-state index is 13.1. The summed E-state index contributed by atoms with van der Waals surface area (Å²) in [5, 5.41) is 10.6. The fourth-order valence-corrected chi connectivity index (χ4v) is 14.1. The molecule has 0 aliphatic carbocycles. The molecule has 19 heteroatoms. The van der Waals surface area contributed by atoms with Gasteiger partial charge in [0.25, 0.3) is 0 Å². The van der Waals surface area contributed by atoms with Gasteiger partial charge in [0.2, 0.25) is 0 Å². The summed E-state index contributed by atoms with van der Waals surface area (Å²) in [6.45, 7) is 9.64. The molecule has 2 unspecified atom stereocenters. The van der Waals surface area contributed by atoms with Crippen LogP contribution in [-0.4, -0.2) is 96.7 Å². The lowest BCUT2D eigenvalue weighted by molar-refractivity contribution is -0.161. The lowest BCUT2D eigenvalue weighted by Crippen LogP contribution is -2.30. The van der Waals surface area contributed by atoms with Crippen molar-refractivity contribution in [1.29, 1.82) is 0 Å². The van der Waals surface area contributed by atoms with Crippen LogP contribution in [0.1, 0.15) is 427 Å². The molecule has 594 valence electrons. The van der Waals surface area contributed by atoms with Crippen molar-refractivity contribution in [2.45, 2.75) is 445 Å². The van der Waals surface area contributed by atoms with Gasteiger partial charge in [-0.2, -0.15) is 0 Å². The minimum atomic E-state index is -4.96. The number of aliphatic hydroxyl groups excluding tert-OH is 1. The van der Waals surface area contributed by atoms with E-state index in [4.69, 9.17) is 37.0 Å². The van der Waals surface area contributed by atoms with Gasteiger partial charge in [-0.3, -0.25) is 37.3 Å². The molecule has 0 aliphatic heterocycles. The number of aliphatic hydroxyl groups is 1. The van der Waals surface area contributed by atoms with Crippen LogP contribution in [0.25, 0.3) is 0 Å². The molecule has 17 nitrogen and oxygen atoms in total. The highest BCUT2D eigenvalue weighted by atomic mass is 31.2. The molecule has 0 saturated heterocycles. The highest BCUT2D eigenvalue weighted by Crippen LogP contribution is 2.45. The van der Waals surface area contributed by atoms with Gasteiger partial charge in [-0.1, -0.05) is 375 Å². The third-order valence-corrected chi connectivity index (χ3v) is 20.9. The summed E-state index contributed by atoms with van der Waals surface area (Å²) in [4.78, 5) is 73.0. The molecule has 0 aromatic heterocycles. The fourth-order valence-electron chi connectivity index (χ4n) is 12.5. The molecule has 0 aromatic rings. The first kappa shape index (κ1) is 98.1. The van der Waals surface area contributed by atoms with E-state index in [1.807, 2.05) is 0 Å². The van der Waals surface area contributed by atoms with Crippen molar-refractivity contribution < 1.29 is 80.2 Å². The SMILES string of the molecule is CCCCCCCCCCCCCCCCCCCCCCCC(=O)O[C@H](COC(=O)CCCCCCCCCCCCCCC(C)C)COP(=O)(O)OC[C@@H](O)COP(=O)(O)OC[C@@H](COC(=O)CCCCCCCCCCCC)OC(=O)CCCCCCCCCCCCCC(C)C. The Kier molecular flexibility index (Phi) is 71.2.